The zero-order valence-corrected chi connectivity index (χ0v) is 31.6. The third kappa shape index (κ3) is 7.71. The zero-order chi connectivity index (χ0) is 39.6. The minimum atomic E-state index is -0.974. The molecule has 8 rings (SSSR count). The number of ether oxygens (including phenoxy) is 1. The van der Waals surface area contributed by atoms with Crippen LogP contribution in [0.1, 0.15) is 57.5 Å². The first-order valence-electron chi connectivity index (χ1n) is 19.5. The molecule has 1 unspecified atom stereocenters. The summed E-state index contributed by atoms with van der Waals surface area (Å²) in [4.78, 5) is 75.3. The normalized spacial score (nSPS) is 20.6. The Morgan fingerprint density at radius 1 is 0.667 bits per heavy atom. The van der Waals surface area contributed by atoms with Gasteiger partial charge in [-0.15, -0.1) is 0 Å². The Morgan fingerprint density at radius 3 is 1.95 bits per heavy atom. The molecule has 1 N–H and O–H groups in total. The number of hydrogen-bond acceptors (Lipinski definition) is 12. The SMILES string of the molecule is N#Cc1ccc(N2CCN(C(=O)Oc3ccc(N4CCN(CC5CCN(c6ccc7c(c6)C(=O)N(C6CCC(=O)NC6=O)C7=O)CC5)CC4)cc3)CC2)cc1C#N. The summed E-state index contributed by atoms with van der Waals surface area (Å²) in [5, 5.41) is 20.8. The number of imide groups is 2. The summed E-state index contributed by atoms with van der Waals surface area (Å²) in [6.07, 6.45) is 1.87. The number of piperidine rings is 2. The van der Waals surface area contributed by atoms with Crippen molar-refractivity contribution in [2.45, 2.75) is 31.7 Å². The van der Waals surface area contributed by atoms with E-state index in [4.69, 9.17) is 4.74 Å². The minimum absolute atomic E-state index is 0.0901. The molecular formula is C42H43N9O6. The van der Waals surface area contributed by atoms with Gasteiger partial charge in [0.15, 0.2) is 0 Å². The average molecular weight is 770 g/mol. The molecule has 3 aromatic rings. The van der Waals surface area contributed by atoms with Gasteiger partial charge in [0.1, 0.15) is 23.9 Å². The van der Waals surface area contributed by atoms with Gasteiger partial charge < -0.3 is 24.3 Å². The molecule has 0 bridgehead atoms. The molecule has 0 aliphatic carbocycles. The number of rotatable bonds is 7. The topological polar surface area (TPSA) is 174 Å². The third-order valence-electron chi connectivity index (χ3n) is 11.8. The predicted molar refractivity (Wildman–Crippen MR) is 209 cm³/mol. The van der Waals surface area contributed by atoms with Crippen molar-refractivity contribution in [1.29, 1.82) is 10.5 Å². The maximum Gasteiger partial charge on any atom is 0.415 e. The highest BCUT2D eigenvalue weighted by Gasteiger charge is 2.45. The fourth-order valence-electron chi connectivity index (χ4n) is 8.54. The Balaban J connectivity index is 0.763. The highest BCUT2D eigenvalue weighted by Crippen LogP contribution is 2.33. The first-order valence-corrected chi connectivity index (χ1v) is 19.5. The van der Waals surface area contributed by atoms with Crippen LogP contribution in [0.2, 0.25) is 0 Å². The number of nitrogens with zero attached hydrogens (tertiary/aromatic N) is 8. The minimum Gasteiger partial charge on any atom is -0.410 e. The van der Waals surface area contributed by atoms with E-state index in [2.05, 4.69) is 31.0 Å². The van der Waals surface area contributed by atoms with Crippen LogP contribution in [-0.4, -0.2) is 122 Å². The summed E-state index contributed by atoms with van der Waals surface area (Å²) in [6, 6.07) is 21.4. The quantitative estimate of drug-likeness (QED) is 0.349. The van der Waals surface area contributed by atoms with Crippen LogP contribution in [0.4, 0.5) is 21.9 Å². The number of benzene rings is 3. The molecule has 15 nitrogen and oxygen atoms in total. The van der Waals surface area contributed by atoms with E-state index < -0.39 is 35.8 Å². The highest BCUT2D eigenvalue weighted by atomic mass is 16.6. The molecule has 5 aliphatic heterocycles. The molecule has 5 aliphatic rings. The third-order valence-corrected chi connectivity index (χ3v) is 11.8. The van der Waals surface area contributed by atoms with Gasteiger partial charge in [-0.1, -0.05) is 0 Å². The van der Waals surface area contributed by atoms with Gasteiger partial charge in [0.25, 0.3) is 11.8 Å². The van der Waals surface area contributed by atoms with Gasteiger partial charge in [-0.05, 0) is 85.8 Å². The number of amides is 5. The Hall–Kier alpha value is -6.45. The maximum atomic E-state index is 13.3. The van der Waals surface area contributed by atoms with Gasteiger partial charge in [0, 0.05) is 95.5 Å². The molecule has 0 aromatic heterocycles. The van der Waals surface area contributed by atoms with Crippen molar-refractivity contribution in [3.63, 3.8) is 0 Å². The summed E-state index contributed by atoms with van der Waals surface area (Å²) >= 11 is 0. The summed E-state index contributed by atoms with van der Waals surface area (Å²) in [6.45, 7) is 8.57. The second kappa shape index (κ2) is 16.0. The lowest BCUT2D eigenvalue weighted by Gasteiger charge is -2.40. The smallest absolute Gasteiger partial charge is 0.410 e. The van der Waals surface area contributed by atoms with E-state index in [0.29, 0.717) is 60.1 Å². The number of carbonyl (C=O) groups is 5. The van der Waals surface area contributed by atoms with E-state index in [0.717, 1.165) is 80.6 Å². The first-order chi connectivity index (χ1) is 27.7. The van der Waals surface area contributed by atoms with Crippen LogP contribution < -0.4 is 24.8 Å². The lowest BCUT2D eigenvalue weighted by Crippen LogP contribution is -2.54. The standard InChI is InChI=1S/C42H43N9O6/c43-25-29-1-2-32(23-30(29)26-44)49-19-21-50(22-20-49)42(56)57-34-6-3-31(4-7-34)48-17-15-46(16-18-48)27-28-11-13-47(14-12-28)33-5-8-35-36(24-33)41(55)51(40(35)54)37-9-10-38(52)45-39(37)53/h1-8,23-24,28,37H,9-22,27H2,(H,45,52,53). The lowest BCUT2D eigenvalue weighted by molar-refractivity contribution is -0.136. The average Bonchev–Trinajstić information content (AvgIpc) is 3.49. The van der Waals surface area contributed by atoms with Crippen molar-refractivity contribution in [3.8, 4) is 17.9 Å². The Labute approximate surface area is 330 Å². The van der Waals surface area contributed by atoms with Gasteiger partial charge in [-0.2, -0.15) is 10.5 Å². The van der Waals surface area contributed by atoms with Crippen molar-refractivity contribution in [1.82, 2.24) is 20.0 Å². The van der Waals surface area contributed by atoms with Gasteiger partial charge in [0.05, 0.1) is 22.3 Å². The second-order valence-electron chi connectivity index (χ2n) is 15.2. The molecular weight excluding hydrogens is 727 g/mol. The molecule has 57 heavy (non-hydrogen) atoms. The molecule has 292 valence electrons. The van der Waals surface area contributed by atoms with Gasteiger partial charge >= 0.3 is 6.09 Å². The van der Waals surface area contributed by atoms with Crippen LogP contribution in [0.15, 0.2) is 60.7 Å². The molecule has 0 spiro atoms. The van der Waals surface area contributed by atoms with Crippen LogP contribution in [0.3, 0.4) is 0 Å². The van der Waals surface area contributed by atoms with Crippen molar-refractivity contribution in [2.24, 2.45) is 5.92 Å². The molecule has 4 fully saturated rings. The molecule has 0 radical (unpaired) electrons. The Morgan fingerprint density at radius 2 is 1.26 bits per heavy atom. The molecule has 4 saturated heterocycles. The van der Waals surface area contributed by atoms with Crippen molar-refractivity contribution in [2.75, 3.05) is 86.7 Å². The summed E-state index contributed by atoms with van der Waals surface area (Å²) < 4.78 is 5.71. The number of nitriles is 2. The lowest BCUT2D eigenvalue weighted by atomic mass is 9.95. The summed E-state index contributed by atoms with van der Waals surface area (Å²) in [5.74, 6) is -0.929. The van der Waals surface area contributed by atoms with Crippen LogP contribution >= 0.6 is 0 Å². The van der Waals surface area contributed by atoms with Crippen LogP contribution in [-0.2, 0) is 9.59 Å². The fourth-order valence-corrected chi connectivity index (χ4v) is 8.54. The van der Waals surface area contributed by atoms with Gasteiger partial charge in [-0.25, -0.2) is 4.79 Å². The first kappa shape index (κ1) is 37.5. The van der Waals surface area contributed by atoms with E-state index in [1.54, 1.807) is 29.2 Å². The van der Waals surface area contributed by atoms with E-state index in [-0.39, 0.29) is 12.8 Å². The van der Waals surface area contributed by atoms with Gasteiger partial charge in [-0.3, -0.25) is 34.3 Å². The van der Waals surface area contributed by atoms with Crippen LogP contribution in [0, 0.1) is 28.6 Å². The van der Waals surface area contributed by atoms with Crippen molar-refractivity contribution < 1.29 is 28.7 Å². The zero-order valence-electron chi connectivity index (χ0n) is 31.6. The van der Waals surface area contributed by atoms with E-state index >= 15 is 0 Å². The van der Waals surface area contributed by atoms with Crippen LogP contribution in [0.5, 0.6) is 5.75 Å². The molecule has 0 saturated carbocycles. The highest BCUT2D eigenvalue weighted by molar-refractivity contribution is 6.23. The molecule has 1 atom stereocenters. The van der Waals surface area contributed by atoms with Crippen LogP contribution in [0.25, 0.3) is 0 Å². The largest absolute Gasteiger partial charge is 0.415 e. The molecule has 3 aromatic carbocycles. The number of anilines is 3. The number of hydrogen-bond donors (Lipinski definition) is 1. The molecule has 5 amide bonds. The maximum absolute atomic E-state index is 13.3. The second-order valence-corrected chi connectivity index (χ2v) is 15.2. The van der Waals surface area contributed by atoms with E-state index in [1.807, 2.05) is 42.5 Å². The number of nitrogens with one attached hydrogen (secondary N) is 1. The summed E-state index contributed by atoms with van der Waals surface area (Å²) in [7, 11) is 0. The van der Waals surface area contributed by atoms with Crippen molar-refractivity contribution in [3.05, 3.63) is 82.9 Å². The molecule has 5 heterocycles. The number of fused-ring (bicyclic) bond motifs is 1. The predicted octanol–water partition coefficient (Wildman–Crippen LogP) is 3.19. The Bertz CT molecular complexity index is 2170. The summed E-state index contributed by atoms with van der Waals surface area (Å²) in [5.41, 5.74) is 4.13. The number of carbonyl (C=O) groups excluding carboxylic acids is 5. The van der Waals surface area contributed by atoms with Crippen molar-refractivity contribution >= 4 is 46.8 Å². The molecule has 15 heteroatoms. The Kier molecular flexibility index (Phi) is 10.5. The number of piperazine rings is 2. The van der Waals surface area contributed by atoms with Gasteiger partial charge in [0.2, 0.25) is 11.8 Å². The fraction of sp³-hybridized carbons (Fsp3) is 0.405. The monoisotopic (exact) mass is 769 g/mol. The van der Waals surface area contributed by atoms with E-state index in [9.17, 15) is 34.5 Å². The van der Waals surface area contributed by atoms with E-state index in [1.165, 1.54) is 0 Å².